The van der Waals surface area contributed by atoms with Crippen LogP contribution in [0.15, 0.2) is 42.5 Å². The van der Waals surface area contributed by atoms with Crippen LogP contribution in [0, 0.1) is 0 Å². The predicted octanol–water partition coefficient (Wildman–Crippen LogP) is 5.00. The molecule has 4 rings (SSSR count). The van der Waals surface area contributed by atoms with Crippen LogP contribution >= 0.6 is 11.3 Å². The van der Waals surface area contributed by atoms with Crippen LogP contribution in [0.3, 0.4) is 0 Å². The molecule has 0 saturated heterocycles. The summed E-state index contributed by atoms with van der Waals surface area (Å²) < 4.78 is 1.09. The third-order valence-corrected chi connectivity index (χ3v) is 5.56. The summed E-state index contributed by atoms with van der Waals surface area (Å²) in [7, 11) is 0. The van der Waals surface area contributed by atoms with Crippen molar-refractivity contribution in [3.05, 3.63) is 47.5 Å². The predicted molar refractivity (Wildman–Crippen MR) is 113 cm³/mol. The van der Waals surface area contributed by atoms with E-state index in [0.717, 1.165) is 55.8 Å². The maximum atomic E-state index is 11.5. The Morgan fingerprint density at radius 2 is 2.00 bits per heavy atom. The number of amides is 1. The fourth-order valence-corrected chi connectivity index (χ4v) is 4.45. The number of nitrogens with zero attached hydrogens (tertiary/aromatic N) is 2. The fourth-order valence-electron chi connectivity index (χ4n) is 3.24. The van der Waals surface area contributed by atoms with E-state index in [1.807, 2.05) is 30.3 Å². The van der Waals surface area contributed by atoms with Crippen LogP contribution < -0.4 is 11.1 Å². The van der Waals surface area contributed by atoms with Gasteiger partial charge in [-0.1, -0.05) is 37.3 Å². The lowest BCUT2D eigenvalue weighted by Gasteiger charge is -2.11. The molecule has 2 aromatic carbocycles. The Bertz CT molecular complexity index is 1170. The standard InChI is InChI=1S/C21H20N4OS/c1-3-6-18-25-19-20(27-18)15-10-9-13(11-17(15)24-21(19)22)14-7-4-5-8-16(14)23-12(2)26/h4-5,7-11H,3,6H2,1-2H3,(H2,22,24)(H,23,26). The van der Waals surface area contributed by atoms with E-state index in [1.54, 1.807) is 11.3 Å². The van der Waals surface area contributed by atoms with Crippen molar-refractivity contribution >= 4 is 49.9 Å². The molecule has 5 nitrogen and oxygen atoms in total. The summed E-state index contributed by atoms with van der Waals surface area (Å²) in [6.45, 7) is 3.65. The number of carbonyl (C=O) groups excluding carboxylic acids is 1. The summed E-state index contributed by atoms with van der Waals surface area (Å²) in [5.74, 6) is 0.365. The lowest BCUT2D eigenvalue weighted by Crippen LogP contribution is -2.06. The number of pyridine rings is 1. The second-order valence-corrected chi connectivity index (χ2v) is 7.57. The number of para-hydroxylation sites is 1. The lowest BCUT2D eigenvalue weighted by atomic mass is 10.0. The minimum absolute atomic E-state index is 0.0968. The summed E-state index contributed by atoms with van der Waals surface area (Å²) in [5.41, 5.74) is 10.5. The molecule has 0 fully saturated rings. The Balaban J connectivity index is 1.88. The topological polar surface area (TPSA) is 80.9 Å². The first-order chi connectivity index (χ1) is 13.1. The molecule has 0 aliphatic heterocycles. The van der Waals surface area contributed by atoms with Crippen molar-refractivity contribution < 1.29 is 4.79 Å². The number of fused-ring (bicyclic) bond motifs is 3. The number of anilines is 2. The van der Waals surface area contributed by atoms with Gasteiger partial charge in [0.05, 0.1) is 15.2 Å². The second kappa shape index (κ2) is 6.96. The van der Waals surface area contributed by atoms with Crippen LogP contribution in [0.2, 0.25) is 0 Å². The molecule has 2 aromatic heterocycles. The normalized spacial score (nSPS) is 11.2. The third kappa shape index (κ3) is 3.24. The van der Waals surface area contributed by atoms with Gasteiger partial charge >= 0.3 is 0 Å². The Kier molecular flexibility index (Phi) is 4.49. The Morgan fingerprint density at radius 1 is 1.19 bits per heavy atom. The number of thiazole rings is 1. The van der Waals surface area contributed by atoms with Crippen LogP contribution in [0.25, 0.3) is 32.2 Å². The van der Waals surface area contributed by atoms with E-state index in [2.05, 4.69) is 34.3 Å². The SMILES string of the molecule is CCCc1nc2c(N)nc3cc(-c4ccccc4NC(C)=O)ccc3c2s1. The van der Waals surface area contributed by atoms with Gasteiger partial charge in [-0.25, -0.2) is 9.97 Å². The van der Waals surface area contributed by atoms with Crippen LogP contribution in [-0.2, 0) is 11.2 Å². The molecule has 6 heteroatoms. The summed E-state index contributed by atoms with van der Waals surface area (Å²) in [4.78, 5) is 20.8. The number of hydrogen-bond donors (Lipinski definition) is 2. The van der Waals surface area contributed by atoms with E-state index in [9.17, 15) is 4.79 Å². The minimum Gasteiger partial charge on any atom is -0.382 e. The van der Waals surface area contributed by atoms with E-state index in [-0.39, 0.29) is 5.91 Å². The van der Waals surface area contributed by atoms with Gasteiger partial charge in [-0.3, -0.25) is 4.79 Å². The van der Waals surface area contributed by atoms with Crippen molar-refractivity contribution in [2.45, 2.75) is 26.7 Å². The molecule has 0 aliphatic carbocycles. The number of hydrogen-bond acceptors (Lipinski definition) is 5. The van der Waals surface area contributed by atoms with Crippen LogP contribution in [0.5, 0.6) is 0 Å². The van der Waals surface area contributed by atoms with Gasteiger partial charge in [0.25, 0.3) is 0 Å². The van der Waals surface area contributed by atoms with Gasteiger partial charge in [-0.15, -0.1) is 11.3 Å². The van der Waals surface area contributed by atoms with Crippen LogP contribution in [-0.4, -0.2) is 15.9 Å². The third-order valence-electron chi connectivity index (χ3n) is 4.41. The average molecular weight is 376 g/mol. The molecule has 136 valence electrons. The molecule has 0 unspecified atom stereocenters. The van der Waals surface area contributed by atoms with Crippen molar-refractivity contribution in [2.24, 2.45) is 0 Å². The molecule has 27 heavy (non-hydrogen) atoms. The first-order valence-corrected chi connectivity index (χ1v) is 9.74. The van der Waals surface area contributed by atoms with Gasteiger partial charge < -0.3 is 11.1 Å². The van der Waals surface area contributed by atoms with Gasteiger partial charge in [0.15, 0.2) is 5.82 Å². The number of nitrogens with two attached hydrogens (primary N) is 1. The molecule has 0 atom stereocenters. The first-order valence-electron chi connectivity index (χ1n) is 8.92. The average Bonchev–Trinajstić information content (AvgIpc) is 3.06. The molecule has 0 aliphatic rings. The van der Waals surface area contributed by atoms with Crippen molar-refractivity contribution in [1.82, 2.24) is 9.97 Å². The zero-order valence-corrected chi connectivity index (χ0v) is 16.1. The van der Waals surface area contributed by atoms with Gasteiger partial charge in [-0.2, -0.15) is 0 Å². The summed E-state index contributed by atoms with van der Waals surface area (Å²) >= 11 is 1.69. The second-order valence-electron chi connectivity index (χ2n) is 6.49. The highest BCUT2D eigenvalue weighted by Gasteiger charge is 2.14. The van der Waals surface area contributed by atoms with E-state index in [4.69, 9.17) is 5.73 Å². The number of aryl methyl sites for hydroxylation is 1. The number of rotatable bonds is 4. The van der Waals surface area contributed by atoms with E-state index < -0.39 is 0 Å². The van der Waals surface area contributed by atoms with Crippen molar-refractivity contribution in [2.75, 3.05) is 11.1 Å². The molecular formula is C21H20N4OS. The smallest absolute Gasteiger partial charge is 0.221 e. The lowest BCUT2D eigenvalue weighted by molar-refractivity contribution is -0.114. The zero-order chi connectivity index (χ0) is 19.0. The van der Waals surface area contributed by atoms with Gasteiger partial charge in [0.2, 0.25) is 5.91 Å². The zero-order valence-electron chi connectivity index (χ0n) is 15.2. The van der Waals surface area contributed by atoms with E-state index >= 15 is 0 Å². The largest absolute Gasteiger partial charge is 0.382 e. The monoisotopic (exact) mass is 376 g/mol. The number of aromatic nitrogens is 2. The highest BCUT2D eigenvalue weighted by atomic mass is 32.1. The minimum atomic E-state index is -0.0968. The molecule has 0 spiro atoms. The Hall–Kier alpha value is -2.99. The van der Waals surface area contributed by atoms with Gasteiger partial charge in [-0.05, 0) is 30.5 Å². The van der Waals surface area contributed by atoms with Gasteiger partial charge in [0, 0.05) is 23.6 Å². The molecule has 2 heterocycles. The Labute approximate surface area is 161 Å². The maximum absolute atomic E-state index is 11.5. The molecule has 1 amide bonds. The molecule has 0 bridgehead atoms. The maximum Gasteiger partial charge on any atom is 0.221 e. The molecule has 4 aromatic rings. The van der Waals surface area contributed by atoms with Crippen LogP contribution in [0.4, 0.5) is 11.5 Å². The summed E-state index contributed by atoms with van der Waals surface area (Å²) in [6.07, 6.45) is 2.00. The quantitative estimate of drug-likeness (QED) is 0.525. The molecule has 0 saturated carbocycles. The van der Waals surface area contributed by atoms with E-state index in [1.165, 1.54) is 6.92 Å². The summed E-state index contributed by atoms with van der Waals surface area (Å²) in [5, 5.41) is 5.03. The van der Waals surface area contributed by atoms with Crippen LogP contribution in [0.1, 0.15) is 25.3 Å². The van der Waals surface area contributed by atoms with Crippen molar-refractivity contribution in [3.8, 4) is 11.1 Å². The fraction of sp³-hybridized carbons (Fsp3) is 0.190. The molecule has 3 N–H and O–H groups in total. The Morgan fingerprint density at radius 3 is 2.78 bits per heavy atom. The number of benzene rings is 2. The number of nitrogens with one attached hydrogen (secondary N) is 1. The van der Waals surface area contributed by atoms with Crippen molar-refractivity contribution in [3.63, 3.8) is 0 Å². The highest BCUT2D eigenvalue weighted by molar-refractivity contribution is 7.19. The van der Waals surface area contributed by atoms with E-state index in [0.29, 0.717) is 5.82 Å². The molecule has 0 radical (unpaired) electrons. The number of carbonyl (C=O) groups is 1. The number of nitrogen functional groups attached to an aromatic ring is 1. The molecular weight excluding hydrogens is 356 g/mol. The van der Waals surface area contributed by atoms with Crippen molar-refractivity contribution in [1.29, 1.82) is 0 Å². The summed E-state index contributed by atoms with van der Waals surface area (Å²) in [6, 6.07) is 13.9. The first kappa shape index (κ1) is 17.4. The van der Waals surface area contributed by atoms with Gasteiger partial charge in [0.1, 0.15) is 5.52 Å². The highest BCUT2D eigenvalue weighted by Crippen LogP contribution is 2.36.